The van der Waals surface area contributed by atoms with Gasteiger partial charge in [0.1, 0.15) is 11.3 Å². The van der Waals surface area contributed by atoms with Crippen molar-refractivity contribution >= 4 is 42.8 Å². The van der Waals surface area contributed by atoms with Crippen molar-refractivity contribution in [3.05, 3.63) is 68.9 Å². The number of nitrogens with zero attached hydrogens (tertiary/aromatic N) is 1. The summed E-state index contributed by atoms with van der Waals surface area (Å²) >= 11 is 3.21. The Morgan fingerprint density at radius 3 is 2.45 bits per heavy atom. The van der Waals surface area contributed by atoms with Gasteiger partial charge in [-0.15, -0.1) is 4.83 Å². The van der Waals surface area contributed by atoms with Crippen LogP contribution in [0.5, 0.6) is 5.75 Å². The molecule has 0 aliphatic carbocycles. The Labute approximate surface area is 175 Å². The van der Waals surface area contributed by atoms with Crippen LogP contribution in [0.25, 0.3) is 10.9 Å². The van der Waals surface area contributed by atoms with E-state index in [1.54, 1.807) is 24.3 Å². The number of amides is 1. The molecule has 0 spiro atoms. The van der Waals surface area contributed by atoms with Crippen molar-refractivity contribution < 1.29 is 18.3 Å². The molecule has 3 N–H and O–H groups in total. The van der Waals surface area contributed by atoms with Crippen molar-refractivity contribution in [1.29, 1.82) is 0 Å². The van der Waals surface area contributed by atoms with Crippen molar-refractivity contribution in [1.82, 2.24) is 14.8 Å². The second-order valence-corrected chi connectivity index (χ2v) is 8.81. The first kappa shape index (κ1) is 21.0. The van der Waals surface area contributed by atoms with Crippen molar-refractivity contribution in [2.45, 2.75) is 24.8 Å². The van der Waals surface area contributed by atoms with Crippen LogP contribution in [0, 0.1) is 0 Å². The number of hydrazine groups is 1. The Bertz CT molecular complexity index is 1240. The van der Waals surface area contributed by atoms with E-state index < -0.39 is 32.8 Å². The van der Waals surface area contributed by atoms with Crippen molar-refractivity contribution in [3.63, 3.8) is 0 Å². The third-order valence-electron chi connectivity index (χ3n) is 4.24. The number of benzene rings is 2. The number of halogens is 1. The highest BCUT2D eigenvalue weighted by Crippen LogP contribution is 2.26. The van der Waals surface area contributed by atoms with E-state index in [0.717, 1.165) is 0 Å². The Kier molecular flexibility index (Phi) is 6.06. The largest absolute Gasteiger partial charge is 0.506 e. The molecule has 0 aliphatic heterocycles. The van der Waals surface area contributed by atoms with E-state index in [2.05, 4.69) is 15.9 Å². The maximum Gasteiger partial charge on any atom is 0.275 e. The SMILES string of the molecule is CCCn1c(=O)c(C(=O)NNS(=O)(=O)c2ccc(Br)cc2)c(O)c2ccccc21. The van der Waals surface area contributed by atoms with Gasteiger partial charge in [-0.2, -0.15) is 0 Å². The summed E-state index contributed by atoms with van der Waals surface area (Å²) < 4.78 is 26.8. The Hall–Kier alpha value is -2.69. The van der Waals surface area contributed by atoms with Gasteiger partial charge in [0.15, 0.2) is 0 Å². The van der Waals surface area contributed by atoms with Crippen molar-refractivity contribution in [2.75, 3.05) is 0 Å². The van der Waals surface area contributed by atoms with Crippen LogP contribution in [-0.2, 0) is 16.6 Å². The Morgan fingerprint density at radius 2 is 1.79 bits per heavy atom. The Morgan fingerprint density at radius 1 is 1.14 bits per heavy atom. The van der Waals surface area contributed by atoms with Gasteiger partial charge in [-0.1, -0.05) is 35.0 Å². The molecule has 3 aromatic rings. The molecular weight excluding hydrogens is 462 g/mol. The number of aromatic nitrogens is 1. The van der Waals surface area contributed by atoms with Crippen LogP contribution in [0.3, 0.4) is 0 Å². The zero-order valence-corrected chi connectivity index (χ0v) is 17.7. The monoisotopic (exact) mass is 479 g/mol. The number of aryl methyl sites for hydroxylation is 1. The van der Waals surface area contributed by atoms with Crippen LogP contribution in [-0.4, -0.2) is 24.0 Å². The molecule has 8 nitrogen and oxygen atoms in total. The Balaban J connectivity index is 1.97. The van der Waals surface area contributed by atoms with Crippen LogP contribution in [0.15, 0.2) is 62.7 Å². The number of fused-ring (bicyclic) bond motifs is 1. The topological polar surface area (TPSA) is 118 Å². The first-order chi connectivity index (χ1) is 13.8. The second kappa shape index (κ2) is 8.36. The smallest absolute Gasteiger partial charge is 0.275 e. The summed E-state index contributed by atoms with van der Waals surface area (Å²) in [6.07, 6.45) is 0.631. The van der Waals surface area contributed by atoms with Crippen LogP contribution >= 0.6 is 15.9 Å². The minimum atomic E-state index is -4.06. The molecule has 10 heteroatoms. The lowest BCUT2D eigenvalue weighted by Crippen LogP contribution is -2.44. The van der Waals surface area contributed by atoms with Gasteiger partial charge in [0.05, 0.1) is 10.4 Å². The fourth-order valence-electron chi connectivity index (χ4n) is 2.89. The van der Waals surface area contributed by atoms with Gasteiger partial charge < -0.3 is 9.67 Å². The molecule has 0 saturated carbocycles. The van der Waals surface area contributed by atoms with Gasteiger partial charge in [-0.25, -0.2) is 8.42 Å². The number of hydrogen-bond donors (Lipinski definition) is 3. The lowest BCUT2D eigenvalue weighted by molar-refractivity contribution is 0.0940. The van der Waals surface area contributed by atoms with E-state index in [4.69, 9.17) is 0 Å². The molecular formula is C19H18BrN3O5S. The molecule has 1 heterocycles. The number of rotatable bonds is 6. The first-order valence-corrected chi connectivity index (χ1v) is 11.0. The van der Waals surface area contributed by atoms with Gasteiger partial charge in [-0.05, 0) is 42.8 Å². The minimum Gasteiger partial charge on any atom is -0.506 e. The number of pyridine rings is 1. The average Bonchev–Trinajstić information content (AvgIpc) is 2.70. The van der Waals surface area contributed by atoms with Gasteiger partial charge >= 0.3 is 0 Å². The minimum absolute atomic E-state index is 0.0767. The molecule has 0 radical (unpaired) electrons. The van der Waals surface area contributed by atoms with E-state index in [1.807, 2.05) is 17.2 Å². The first-order valence-electron chi connectivity index (χ1n) is 8.68. The molecule has 0 aliphatic rings. The molecule has 2 aromatic carbocycles. The van der Waals surface area contributed by atoms with E-state index in [9.17, 15) is 23.1 Å². The second-order valence-electron chi connectivity index (χ2n) is 6.21. The number of nitrogens with one attached hydrogen (secondary N) is 2. The van der Waals surface area contributed by atoms with E-state index in [0.29, 0.717) is 28.3 Å². The molecule has 29 heavy (non-hydrogen) atoms. The molecule has 152 valence electrons. The normalized spacial score (nSPS) is 11.5. The molecule has 3 rings (SSSR count). The van der Waals surface area contributed by atoms with E-state index in [1.165, 1.54) is 28.8 Å². The van der Waals surface area contributed by atoms with E-state index in [-0.39, 0.29) is 4.90 Å². The number of aromatic hydroxyl groups is 1. The summed E-state index contributed by atoms with van der Waals surface area (Å²) in [7, 11) is -4.06. The molecule has 0 saturated heterocycles. The van der Waals surface area contributed by atoms with Gasteiger partial charge in [0.25, 0.3) is 21.5 Å². The summed E-state index contributed by atoms with van der Waals surface area (Å²) in [6, 6.07) is 12.4. The number of carbonyl (C=O) groups excluding carboxylic acids is 1. The third kappa shape index (κ3) is 4.19. The van der Waals surface area contributed by atoms with Crippen LogP contribution in [0.4, 0.5) is 0 Å². The van der Waals surface area contributed by atoms with E-state index >= 15 is 0 Å². The molecule has 0 atom stereocenters. The van der Waals surface area contributed by atoms with Gasteiger partial charge in [-0.3, -0.25) is 15.0 Å². The lowest BCUT2D eigenvalue weighted by atomic mass is 10.1. The highest BCUT2D eigenvalue weighted by molar-refractivity contribution is 9.10. The molecule has 0 fully saturated rings. The zero-order valence-electron chi connectivity index (χ0n) is 15.3. The lowest BCUT2D eigenvalue weighted by Gasteiger charge is -2.14. The summed E-state index contributed by atoms with van der Waals surface area (Å²) in [4.78, 5) is 27.3. The summed E-state index contributed by atoms with van der Waals surface area (Å²) in [5.74, 6) is -1.55. The number of hydrogen-bond acceptors (Lipinski definition) is 5. The van der Waals surface area contributed by atoms with Crippen LogP contribution in [0.2, 0.25) is 0 Å². The fourth-order valence-corrected chi connectivity index (χ4v) is 3.99. The van der Waals surface area contributed by atoms with Crippen molar-refractivity contribution in [2.24, 2.45) is 0 Å². The highest BCUT2D eigenvalue weighted by Gasteiger charge is 2.23. The predicted octanol–water partition coefficient (Wildman–Crippen LogP) is 2.50. The number of para-hydroxylation sites is 1. The maximum absolute atomic E-state index is 12.8. The van der Waals surface area contributed by atoms with Crippen LogP contribution < -0.4 is 15.8 Å². The summed E-state index contributed by atoms with van der Waals surface area (Å²) in [5, 5.41) is 10.8. The average molecular weight is 480 g/mol. The number of sulfonamides is 1. The number of carbonyl (C=O) groups is 1. The third-order valence-corrected chi connectivity index (χ3v) is 6.04. The molecule has 0 unspecified atom stereocenters. The van der Waals surface area contributed by atoms with Crippen LogP contribution in [0.1, 0.15) is 23.7 Å². The molecule has 0 bridgehead atoms. The zero-order chi connectivity index (χ0) is 21.2. The maximum atomic E-state index is 12.8. The standard InChI is InChI=1S/C19H18BrN3O5S/c1-2-11-23-15-6-4-3-5-14(15)17(24)16(19(23)26)18(25)21-22-29(27,28)13-9-7-12(20)8-10-13/h3-10,22,24H,2,11H2,1H3,(H,21,25). The van der Waals surface area contributed by atoms with Crippen molar-refractivity contribution in [3.8, 4) is 5.75 Å². The fraction of sp³-hybridized carbons (Fsp3) is 0.158. The molecule has 1 aromatic heterocycles. The summed E-state index contributed by atoms with van der Waals surface area (Å²) in [6.45, 7) is 2.21. The summed E-state index contributed by atoms with van der Waals surface area (Å²) in [5.41, 5.74) is 1.26. The van der Waals surface area contributed by atoms with Gasteiger partial charge in [0.2, 0.25) is 0 Å². The highest BCUT2D eigenvalue weighted by atomic mass is 79.9. The van der Waals surface area contributed by atoms with Gasteiger partial charge in [0, 0.05) is 16.4 Å². The quantitative estimate of drug-likeness (QED) is 0.469. The molecule has 1 amide bonds. The predicted molar refractivity (Wildman–Crippen MR) is 112 cm³/mol.